The lowest BCUT2D eigenvalue weighted by Gasteiger charge is -2.25. The highest BCUT2D eigenvalue weighted by Gasteiger charge is 2.29. The summed E-state index contributed by atoms with van der Waals surface area (Å²) in [7, 11) is 0. The molecule has 4 heteroatoms. The summed E-state index contributed by atoms with van der Waals surface area (Å²) in [5, 5.41) is 30.2. The van der Waals surface area contributed by atoms with E-state index in [9.17, 15) is 10.2 Å². The summed E-state index contributed by atoms with van der Waals surface area (Å²) >= 11 is 0. The van der Waals surface area contributed by atoms with Crippen LogP contribution < -0.4 is 4.74 Å². The molecule has 0 aliphatic carbocycles. The maximum Gasteiger partial charge on any atom is 0.146 e. The SMILES string of the molecule is Oc1c(-c2c(-c3ccccc3)cc3ccc4c5ccccc5oc4c3c2O)c(-c2ccccc2)cc2ccc3c(c12)OCc1ccccc1-3. The Morgan fingerprint density at radius 1 is 0.469 bits per heavy atom. The summed E-state index contributed by atoms with van der Waals surface area (Å²) in [4.78, 5) is 0. The maximum absolute atomic E-state index is 12.7. The van der Waals surface area contributed by atoms with Crippen molar-refractivity contribution in [2.75, 3.05) is 0 Å². The minimum atomic E-state index is 0.0453. The topological polar surface area (TPSA) is 62.8 Å². The zero-order valence-electron chi connectivity index (χ0n) is 26.3. The fraction of sp³-hybridized carbons (Fsp3) is 0.0222. The van der Waals surface area contributed by atoms with E-state index in [4.69, 9.17) is 9.15 Å². The summed E-state index contributed by atoms with van der Waals surface area (Å²) in [6, 6.07) is 48.6. The first-order chi connectivity index (χ1) is 24.2. The van der Waals surface area contributed by atoms with E-state index in [1.165, 1.54) is 0 Å². The van der Waals surface area contributed by atoms with E-state index in [1.807, 2.05) is 109 Å². The van der Waals surface area contributed by atoms with Gasteiger partial charge >= 0.3 is 0 Å². The van der Waals surface area contributed by atoms with Gasteiger partial charge in [0.05, 0.1) is 10.8 Å². The third-order valence-electron chi connectivity index (χ3n) is 9.95. The van der Waals surface area contributed by atoms with E-state index in [0.717, 1.165) is 66.1 Å². The molecule has 49 heavy (non-hydrogen) atoms. The number of furan rings is 1. The summed E-state index contributed by atoms with van der Waals surface area (Å²) in [6.07, 6.45) is 0. The number of benzene rings is 8. The summed E-state index contributed by atoms with van der Waals surface area (Å²) < 4.78 is 12.9. The van der Waals surface area contributed by atoms with Crippen LogP contribution in [0.25, 0.3) is 88.0 Å². The molecule has 1 aliphatic heterocycles. The molecule has 0 unspecified atom stereocenters. The molecule has 0 amide bonds. The van der Waals surface area contributed by atoms with Crippen LogP contribution in [0.15, 0.2) is 150 Å². The highest BCUT2D eigenvalue weighted by molar-refractivity contribution is 6.21. The Labute approximate surface area is 281 Å². The predicted octanol–water partition coefficient (Wildman–Crippen LogP) is 11.9. The molecule has 10 rings (SSSR count). The number of rotatable bonds is 3. The highest BCUT2D eigenvalue weighted by Crippen LogP contribution is 2.56. The number of fused-ring (bicyclic) bond motifs is 10. The van der Waals surface area contributed by atoms with Gasteiger partial charge in [-0.05, 0) is 74.5 Å². The number of ether oxygens (including phenoxy) is 1. The first-order valence-electron chi connectivity index (χ1n) is 16.4. The van der Waals surface area contributed by atoms with Crippen LogP contribution in [0.5, 0.6) is 17.2 Å². The van der Waals surface area contributed by atoms with E-state index in [0.29, 0.717) is 39.8 Å². The molecule has 0 radical (unpaired) electrons. The molecule has 9 aromatic rings. The van der Waals surface area contributed by atoms with Gasteiger partial charge in [0, 0.05) is 27.5 Å². The van der Waals surface area contributed by atoms with Crippen molar-refractivity contribution in [2.45, 2.75) is 6.61 Å². The highest BCUT2D eigenvalue weighted by atomic mass is 16.5. The van der Waals surface area contributed by atoms with E-state index in [1.54, 1.807) is 0 Å². The fourth-order valence-corrected chi connectivity index (χ4v) is 7.71. The average molecular weight is 633 g/mol. The van der Waals surface area contributed by atoms with Crippen LogP contribution in [0, 0.1) is 0 Å². The van der Waals surface area contributed by atoms with Crippen molar-refractivity contribution < 1.29 is 19.4 Å². The van der Waals surface area contributed by atoms with Gasteiger partial charge in [-0.2, -0.15) is 0 Å². The van der Waals surface area contributed by atoms with Gasteiger partial charge in [0.15, 0.2) is 0 Å². The summed E-state index contributed by atoms with van der Waals surface area (Å²) in [5.41, 5.74) is 8.95. The molecule has 8 aromatic carbocycles. The standard InChI is InChI=1S/C45H28O4/c46-42-38-28(19-21-33-31-16-8-7-15-30(31)25-48-44(33)38)23-35(26-11-3-1-4-12-26)40(42)41-36(27-13-5-2-6-14-27)24-29-20-22-34-32-17-9-10-18-37(32)49-45(34)39(29)43(41)47/h1-24,46-47H,25H2. The van der Waals surface area contributed by atoms with E-state index < -0.39 is 0 Å². The average Bonchev–Trinajstić information content (AvgIpc) is 3.54. The van der Waals surface area contributed by atoms with Crippen LogP contribution in [0.1, 0.15) is 5.56 Å². The molecule has 0 bridgehead atoms. The third kappa shape index (κ3) is 4.04. The predicted molar refractivity (Wildman–Crippen MR) is 198 cm³/mol. The molecule has 0 saturated carbocycles. The Balaban J connectivity index is 1.39. The van der Waals surface area contributed by atoms with Crippen LogP contribution in [-0.4, -0.2) is 10.2 Å². The Bertz CT molecular complexity index is 2780. The van der Waals surface area contributed by atoms with Crippen molar-refractivity contribution in [1.29, 1.82) is 0 Å². The number of hydrogen-bond acceptors (Lipinski definition) is 4. The quantitative estimate of drug-likeness (QED) is 0.203. The number of hydrogen-bond donors (Lipinski definition) is 2. The van der Waals surface area contributed by atoms with E-state index >= 15 is 0 Å². The minimum Gasteiger partial charge on any atom is -0.506 e. The van der Waals surface area contributed by atoms with Crippen molar-refractivity contribution in [2.24, 2.45) is 0 Å². The lowest BCUT2D eigenvalue weighted by atomic mass is 9.83. The molecule has 1 aliphatic rings. The first-order valence-corrected chi connectivity index (χ1v) is 16.4. The normalized spacial score (nSPS) is 12.3. The number of aromatic hydroxyl groups is 2. The van der Waals surface area contributed by atoms with Gasteiger partial charge in [-0.25, -0.2) is 0 Å². The van der Waals surface area contributed by atoms with Crippen LogP contribution in [0.2, 0.25) is 0 Å². The van der Waals surface area contributed by atoms with Gasteiger partial charge in [-0.3, -0.25) is 0 Å². The van der Waals surface area contributed by atoms with Crippen molar-refractivity contribution in [1.82, 2.24) is 0 Å². The number of phenolic OH excluding ortho intramolecular Hbond substituents is 2. The largest absolute Gasteiger partial charge is 0.506 e. The van der Waals surface area contributed by atoms with Gasteiger partial charge in [0.2, 0.25) is 0 Å². The van der Waals surface area contributed by atoms with Crippen molar-refractivity contribution >= 4 is 43.5 Å². The van der Waals surface area contributed by atoms with Crippen LogP contribution in [0.4, 0.5) is 0 Å². The van der Waals surface area contributed by atoms with Gasteiger partial charge in [0.25, 0.3) is 0 Å². The smallest absolute Gasteiger partial charge is 0.146 e. The van der Waals surface area contributed by atoms with Gasteiger partial charge in [-0.1, -0.05) is 115 Å². The van der Waals surface area contributed by atoms with Crippen molar-refractivity contribution in [3.63, 3.8) is 0 Å². The molecule has 0 fully saturated rings. The zero-order valence-corrected chi connectivity index (χ0v) is 26.3. The molecule has 0 spiro atoms. The molecule has 0 atom stereocenters. The van der Waals surface area contributed by atoms with Crippen LogP contribution in [-0.2, 0) is 6.61 Å². The van der Waals surface area contributed by atoms with E-state index in [-0.39, 0.29) is 11.5 Å². The van der Waals surface area contributed by atoms with Crippen LogP contribution >= 0.6 is 0 Å². The molecular formula is C45H28O4. The molecule has 4 nitrogen and oxygen atoms in total. The number of phenols is 2. The minimum absolute atomic E-state index is 0.0453. The van der Waals surface area contributed by atoms with E-state index in [2.05, 4.69) is 36.4 Å². The Hall–Kier alpha value is -6.52. The number of para-hydroxylation sites is 1. The molecule has 2 N–H and O–H groups in total. The molecular weight excluding hydrogens is 604 g/mol. The van der Waals surface area contributed by atoms with Crippen molar-refractivity contribution in [3.8, 4) is 61.8 Å². The second-order valence-electron chi connectivity index (χ2n) is 12.7. The van der Waals surface area contributed by atoms with Gasteiger partial charge < -0.3 is 19.4 Å². The fourth-order valence-electron chi connectivity index (χ4n) is 7.71. The second kappa shape index (κ2) is 10.5. The molecule has 0 saturated heterocycles. The van der Waals surface area contributed by atoms with Crippen molar-refractivity contribution in [3.05, 3.63) is 151 Å². The summed E-state index contributed by atoms with van der Waals surface area (Å²) in [5.74, 6) is 0.732. The van der Waals surface area contributed by atoms with Gasteiger partial charge in [0.1, 0.15) is 35.0 Å². The summed E-state index contributed by atoms with van der Waals surface area (Å²) in [6.45, 7) is 0.401. The Kier molecular flexibility index (Phi) is 5.91. The molecule has 2 heterocycles. The molecule has 232 valence electrons. The van der Waals surface area contributed by atoms with Gasteiger partial charge in [-0.15, -0.1) is 0 Å². The lowest BCUT2D eigenvalue weighted by molar-refractivity contribution is 0.305. The Morgan fingerprint density at radius 3 is 1.80 bits per heavy atom. The zero-order chi connectivity index (χ0) is 32.6. The first kappa shape index (κ1) is 27.6. The lowest BCUT2D eigenvalue weighted by Crippen LogP contribution is -2.06. The maximum atomic E-state index is 12.7. The third-order valence-corrected chi connectivity index (χ3v) is 9.95. The monoisotopic (exact) mass is 632 g/mol. The van der Waals surface area contributed by atoms with Crippen LogP contribution in [0.3, 0.4) is 0 Å². The second-order valence-corrected chi connectivity index (χ2v) is 12.7. The molecule has 1 aromatic heterocycles. The Morgan fingerprint density at radius 2 is 1.06 bits per heavy atom.